The van der Waals surface area contributed by atoms with Gasteiger partial charge in [-0.25, -0.2) is 9.59 Å². The maximum atomic E-state index is 11.4. The number of ether oxygens (including phenoxy) is 1. The van der Waals surface area contributed by atoms with E-state index in [0.717, 1.165) is 0 Å². The van der Waals surface area contributed by atoms with E-state index in [9.17, 15) is 14.7 Å². The Bertz CT molecular complexity index is 468. The number of phenols is 1. The second kappa shape index (κ2) is 5.64. The van der Waals surface area contributed by atoms with Crippen molar-refractivity contribution in [2.75, 3.05) is 12.4 Å². The average Bonchev–Trinajstić information content (AvgIpc) is 2.27. The summed E-state index contributed by atoms with van der Waals surface area (Å²) in [6, 6.07) is 5.28. The van der Waals surface area contributed by atoms with Crippen molar-refractivity contribution < 1.29 is 19.4 Å². The Kier molecular flexibility index (Phi) is 4.21. The third kappa shape index (κ3) is 3.94. The molecule has 0 unspecified atom stereocenters. The Labute approximate surface area is 97.9 Å². The van der Waals surface area contributed by atoms with Crippen LogP contribution in [-0.2, 0) is 9.53 Å². The lowest BCUT2D eigenvalue weighted by Crippen LogP contribution is -2.16. The van der Waals surface area contributed by atoms with E-state index in [0.29, 0.717) is 5.69 Å². The van der Waals surface area contributed by atoms with E-state index in [4.69, 9.17) is 0 Å². The zero-order valence-electron chi connectivity index (χ0n) is 9.43. The van der Waals surface area contributed by atoms with Crippen LogP contribution in [0.15, 0.2) is 29.3 Å². The number of nitrogens with zero attached hydrogens (tertiary/aromatic N) is 1. The summed E-state index contributed by atoms with van der Waals surface area (Å²) in [7, 11) is 1.20. The molecule has 1 aromatic rings. The summed E-state index contributed by atoms with van der Waals surface area (Å²) in [4.78, 5) is 25.8. The summed E-state index contributed by atoms with van der Waals surface area (Å²) in [6.07, 6.45) is 0. The lowest BCUT2D eigenvalue weighted by Gasteiger charge is -2.02. The summed E-state index contributed by atoms with van der Waals surface area (Å²) in [5.41, 5.74) is 0.335. The van der Waals surface area contributed by atoms with Gasteiger partial charge in [0.2, 0.25) is 0 Å². The molecule has 2 N–H and O–H groups in total. The summed E-state index contributed by atoms with van der Waals surface area (Å²) in [5, 5.41) is 11.6. The minimum atomic E-state index is -0.710. The van der Waals surface area contributed by atoms with E-state index in [1.165, 1.54) is 26.2 Å². The topological polar surface area (TPSA) is 88.0 Å². The molecule has 0 aliphatic rings. The Hall–Kier alpha value is -2.37. The van der Waals surface area contributed by atoms with Gasteiger partial charge in [-0.05, 0) is 19.1 Å². The fourth-order valence-electron chi connectivity index (χ4n) is 1.08. The van der Waals surface area contributed by atoms with Gasteiger partial charge in [0.25, 0.3) is 0 Å². The maximum absolute atomic E-state index is 11.4. The van der Waals surface area contributed by atoms with Crippen molar-refractivity contribution in [2.45, 2.75) is 6.92 Å². The molecule has 0 aliphatic heterocycles. The van der Waals surface area contributed by atoms with E-state index >= 15 is 0 Å². The van der Waals surface area contributed by atoms with Crippen LogP contribution in [0.1, 0.15) is 6.92 Å². The van der Waals surface area contributed by atoms with Crippen LogP contribution in [0.2, 0.25) is 0 Å². The number of aliphatic imine (C=N–C) groups is 1. The molecule has 6 heteroatoms. The minimum Gasteiger partial charge on any atom is -0.508 e. The smallest absolute Gasteiger partial charge is 0.352 e. The first kappa shape index (κ1) is 12.7. The molecule has 0 saturated carbocycles. The maximum Gasteiger partial charge on any atom is 0.352 e. The lowest BCUT2D eigenvalue weighted by molar-refractivity contribution is -0.132. The number of carbonyl (C=O) groups is 2. The number of hydrogen-bond donors (Lipinski definition) is 2. The SMILES string of the molecule is COC(=O)C(C)=NC(=O)Nc1cccc(O)c1. The Morgan fingerprint density at radius 1 is 1.41 bits per heavy atom. The van der Waals surface area contributed by atoms with E-state index in [1.54, 1.807) is 12.1 Å². The molecule has 2 amide bonds. The van der Waals surface area contributed by atoms with Crippen LogP contribution in [0, 0.1) is 0 Å². The number of amides is 2. The van der Waals surface area contributed by atoms with Gasteiger partial charge in [-0.3, -0.25) is 0 Å². The number of carbonyl (C=O) groups excluding carboxylic acids is 2. The van der Waals surface area contributed by atoms with Crippen molar-refractivity contribution in [3.63, 3.8) is 0 Å². The standard InChI is InChI=1S/C11H12N2O4/c1-7(10(15)17-2)12-11(16)13-8-4-3-5-9(14)6-8/h3-6,14H,1-2H3,(H,13,16). The summed E-state index contributed by atoms with van der Waals surface area (Å²) in [6.45, 7) is 1.37. The highest BCUT2D eigenvalue weighted by Crippen LogP contribution is 2.15. The minimum absolute atomic E-state index is 0.0245. The van der Waals surface area contributed by atoms with Gasteiger partial charge in [-0.2, -0.15) is 4.99 Å². The Morgan fingerprint density at radius 2 is 2.12 bits per heavy atom. The molecule has 0 aliphatic carbocycles. The number of urea groups is 1. The molecule has 0 fully saturated rings. The zero-order valence-corrected chi connectivity index (χ0v) is 9.43. The summed E-state index contributed by atoms with van der Waals surface area (Å²) in [5.74, 6) is -0.646. The van der Waals surface area contributed by atoms with Gasteiger partial charge in [0.05, 0.1) is 7.11 Å². The molecule has 0 aromatic heterocycles. The lowest BCUT2D eigenvalue weighted by atomic mass is 10.3. The normalized spacial score (nSPS) is 10.8. The highest BCUT2D eigenvalue weighted by atomic mass is 16.5. The number of esters is 1. The molecule has 6 nitrogen and oxygen atoms in total. The van der Waals surface area contributed by atoms with Crippen molar-refractivity contribution in [3.05, 3.63) is 24.3 Å². The number of hydrogen-bond acceptors (Lipinski definition) is 4. The molecule has 0 heterocycles. The van der Waals surface area contributed by atoms with Crippen molar-refractivity contribution in [1.29, 1.82) is 0 Å². The average molecular weight is 236 g/mol. The number of methoxy groups -OCH3 is 1. The molecule has 0 bridgehead atoms. The number of phenolic OH excluding ortho intramolecular Hbond substituents is 1. The monoisotopic (exact) mass is 236 g/mol. The Balaban J connectivity index is 2.70. The fourth-order valence-corrected chi connectivity index (χ4v) is 1.08. The largest absolute Gasteiger partial charge is 0.508 e. The fraction of sp³-hybridized carbons (Fsp3) is 0.182. The number of rotatable bonds is 2. The molecule has 0 spiro atoms. The van der Waals surface area contributed by atoms with Gasteiger partial charge in [-0.15, -0.1) is 0 Å². The predicted molar refractivity (Wildman–Crippen MR) is 62.3 cm³/mol. The quantitative estimate of drug-likeness (QED) is 0.602. The van der Waals surface area contributed by atoms with E-state index < -0.39 is 12.0 Å². The van der Waals surface area contributed by atoms with Gasteiger partial charge in [-0.1, -0.05) is 6.07 Å². The van der Waals surface area contributed by atoms with Crippen LogP contribution in [0.25, 0.3) is 0 Å². The molecule has 17 heavy (non-hydrogen) atoms. The first-order chi connectivity index (χ1) is 8.02. The van der Waals surface area contributed by atoms with Crippen molar-refractivity contribution in [2.24, 2.45) is 4.99 Å². The van der Waals surface area contributed by atoms with Gasteiger partial charge in [0.1, 0.15) is 11.5 Å². The van der Waals surface area contributed by atoms with Gasteiger partial charge >= 0.3 is 12.0 Å². The summed E-state index contributed by atoms with van der Waals surface area (Å²) < 4.78 is 4.39. The Morgan fingerprint density at radius 3 is 2.71 bits per heavy atom. The highest BCUT2D eigenvalue weighted by molar-refractivity contribution is 6.37. The molecule has 1 rings (SSSR count). The number of benzene rings is 1. The molecular formula is C11H12N2O4. The number of nitrogens with one attached hydrogen (secondary N) is 1. The first-order valence-electron chi connectivity index (χ1n) is 4.76. The van der Waals surface area contributed by atoms with E-state index in [1.807, 2.05) is 0 Å². The number of anilines is 1. The molecule has 1 aromatic carbocycles. The van der Waals surface area contributed by atoms with Gasteiger partial charge < -0.3 is 15.2 Å². The van der Waals surface area contributed by atoms with Gasteiger partial charge in [0, 0.05) is 11.8 Å². The number of aromatic hydroxyl groups is 1. The van der Waals surface area contributed by atoms with Crippen molar-refractivity contribution in [3.8, 4) is 5.75 Å². The van der Waals surface area contributed by atoms with E-state index in [-0.39, 0.29) is 11.5 Å². The molecule has 90 valence electrons. The second-order valence-electron chi connectivity index (χ2n) is 3.17. The molecule has 0 saturated heterocycles. The zero-order chi connectivity index (χ0) is 12.8. The van der Waals surface area contributed by atoms with Crippen LogP contribution in [-0.4, -0.2) is 29.9 Å². The van der Waals surface area contributed by atoms with Crippen LogP contribution in [0.4, 0.5) is 10.5 Å². The third-order valence-corrected chi connectivity index (χ3v) is 1.85. The third-order valence-electron chi connectivity index (χ3n) is 1.85. The molecule has 0 radical (unpaired) electrons. The van der Waals surface area contributed by atoms with Crippen LogP contribution in [0.3, 0.4) is 0 Å². The highest BCUT2D eigenvalue weighted by Gasteiger charge is 2.08. The van der Waals surface area contributed by atoms with Gasteiger partial charge in [0.15, 0.2) is 0 Å². The van der Waals surface area contributed by atoms with Crippen LogP contribution >= 0.6 is 0 Å². The molecular weight excluding hydrogens is 224 g/mol. The predicted octanol–water partition coefficient (Wildman–Crippen LogP) is 1.56. The molecule has 0 atom stereocenters. The van der Waals surface area contributed by atoms with Crippen LogP contribution < -0.4 is 5.32 Å². The van der Waals surface area contributed by atoms with Crippen LogP contribution in [0.5, 0.6) is 5.75 Å². The van der Waals surface area contributed by atoms with Crippen molar-refractivity contribution in [1.82, 2.24) is 0 Å². The second-order valence-corrected chi connectivity index (χ2v) is 3.17. The first-order valence-corrected chi connectivity index (χ1v) is 4.76. The van der Waals surface area contributed by atoms with Crippen molar-refractivity contribution >= 4 is 23.4 Å². The van der Waals surface area contributed by atoms with E-state index in [2.05, 4.69) is 15.0 Å². The summed E-state index contributed by atoms with van der Waals surface area (Å²) >= 11 is 0.